The minimum Gasteiger partial charge on any atom is -0.490 e. The number of nitrogens with one attached hydrogen (secondary N) is 1. The molecule has 1 saturated carbocycles. The van der Waals surface area contributed by atoms with Crippen LogP contribution in [0, 0.1) is 0 Å². The van der Waals surface area contributed by atoms with Crippen LogP contribution in [0.2, 0.25) is 5.15 Å². The van der Waals surface area contributed by atoms with Crippen molar-refractivity contribution in [1.82, 2.24) is 4.98 Å². The normalized spacial score (nSPS) is 15.9. The molecule has 7 heteroatoms. The molecule has 0 radical (unpaired) electrons. The van der Waals surface area contributed by atoms with E-state index in [2.05, 4.69) is 9.71 Å². The lowest BCUT2D eigenvalue weighted by molar-refractivity contribution is 0.303. The van der Waals surface area contributed by atoms with E-state index < -0.39 is 10.0 Å². The van der Waals surface area contributed by atoms with Crippen molar-refractivity contribution in [3.05, 3.63) is 17.3 Å². The molecule has 88 valence electrons. The number of sulfonamides is 1. The van der Waals surface area contributed by atoms with E-state index in [1.165, 1.54) is 6.07 Å². The maximum absolute atomic E-state index is 11.0. The minimum atomic E-state index is -3.35. The standard InChI is InChI=1S/C9H11ClN2O3S/c1-16(13,14)12-9-5-7(4-8(10)11-9)15-6-2-3-6/h4-6H,2-3H2,1H3,(H,11,12). The molecule has 1 aromatic heterocycles. The van der Waals surface area contributed by atoms with E-state index in [4.69, 9.17) is 16.3 Å². The fraction of sp³-hybridized carbons (Fsp3) is 0.444. The zero-order chi connectivity index (χ0) is 11.8. The highest BCUT2D eigenvalue weighted by Crippen LogP contribution is 2.29. The zero-order valence-corrected chi connectivity index (χ0v) is 10.2. The van der Waals surface area contributed by atoms with Gasteiger partial charge >= 0.3 is 0 Å². The first-order valence-corrected chi connectivity index (χ1v) is 7.01. The smallest absolute Gasteiger partial charge is 0.230 e. The number of pyridine rings is 1. The first kappa shape index (κ1) is 11.5. The summed E-state index contributed by atoms with van der Waals surface area (Å²) in [6.45, 7) is 0. The second kappa shape index (κ2) is 4.10. The fourth-order valence-electron chi connectivity index (χ4n) is 1.16. The van der Waals surface area contributed by atoms with Crippen LogP contribution in [0.4, 0.5) is 5.82 Å². The van der Waals surface area contributed by atoms with Crippen LogP contribution in [-0.2, 0) is 10.0 Å². The molecule has 1 N–H and O–H groups in total. The Balaban J connectivity index is 2.20. The second-order valence-corrected chi connectivity index (χ2v) is 5.84. The summed E-state index contributed by atoms with van der Waals surface area (Å²) in [6.07, 6.45) is 3.32. The SMILES string of the molecule is CS(=O)(=O)Nc1cc(OC2CC2)cc(Cl)n1. The number of anilines is 1. The van der Waals surface area contributed by atoms with Crippen molar-refractivity contribution in [1.29, 1.82) is 0 Å². The maximum atomic E-state index is 11.0. The first-order valence-electron chi connectivity index (χ1n) is 4.74. The third-order valence-corrected chi connectivity index (χ3v) is 2.66. The monoisotopic (exact) mass is 262 g/mol. The van der Waals surface area contributed by atoms with Crippen LogP contribution in [0.3, 0.4) is 0 Å². The first-order chi connectivity index (χ1) is 7.42. The lowest BCUT2D eigenvalue weighted by Crippen LogP contribution is -2.11. The van der Waals surface area contributed by atoms with E-state index in [-0.39, 0.29) is 17.1 Å². The molecule has 5 nitrogen and oxygen atoms in total. The second-order valence-electron chi connectivity index (χ2n) is 3.70. The van der Waals surface area contributed by atoms with Crippen LogP contribution in [0.1, 0.15) is 12.8 Å². The predicted molar refractivity (Wildman–Crippen MR) is 61.4 cm³/mol. The number of hydrogen-bond acceptors (Lipinski definition) is 4. The van der Waals surface area contributed by atoms with Crippen molar-refractivity contribution in [3.8, 4) is 5.75 Å². The molecule has 0 spiro atoms. The largest absolute Gasteiger partial charge is 0.490 e. The summed E-state index contributed by atoms with van der Waals surface area (Å²) >= 11 is 5.76. The molecule has 1 heterocycles. The third-order valence-electron chi connectivity index (χ3n) is 1.88. The topological polar surface area (TPSA) is 68.3 Å². The molecule has 0 amide bonds. The summed E-state index contributed by atoms with van der Waals surface area (Å²) < 4.78 is 29.8. The predicted octanol–water partition coefficient (Wildman–Crippen LogP) is 1.65. The van der Waals surface area contributed by atoms with E-state index in [9.17, 15) is 8.42 Å². The van der Waals surface area contributed by atoms with Crippen LogP contribution in [0.25, 0.3) is 0 Å². The molecule has 0 bridgehead atoms. The van der Waals surface area contributed by atoms with Crippen LogP contribution >= 0.6 is 11.6 Å². The van der Waals surface area contributed by atoms with E-state index >= 15 is 0 Å². The molecule has 1 aliphatic carbocycles. The van der Waals surface area contributed by atoms with Gasteiger partial charge in [0.1, 0.15) is 16.7 Å². The van der Waals surface area contributed by atoms with Gasteiger partial charge in [-0.3, -0.25) is 4.72 Å². The van der Waals surface area contributed by atoms with Gasteiger partial charge in [0.25, 0.3) is 0 Å². The molecule has 1 aromatic rings. The number of hydrogen-bond donors (Lipinski definition) is 1. The van der Waals surface area contributed by atoms with Crippen molar-refractivity contribution in [2.45, 2.75) is 18.9 Å². The lowest BCUT2D eigenvalue weighted by Gasteiger charge is -2.08. The highest BCUT2D eigenvalue weighted by atomic mass is 35.5. The van der Waals surface area contributed by atoms with E-state index in [0.717, 1.165) is 19.1 Å². The van der Waals surface area contributed by atoms with Crippen molar-refractivity contribution >= 4 is 27.4 Å². The molecule has 0 saturated heterocycles. The van der Waals surface area contributed by atoms with E-state index in [1.54, 1.807) is 6.07 Å². The molecular formula is C9H11ClN2O3S. The van der Waals surface area contributed by atoms with Crippen LogP contribution < -0.4 is 9.46 Å². The van der Waals surface area contributed by atoms with Gasteiger partial charge in [0.15, 0.2) is 0 Å². The van der Waals surface area contributed by atoms with Crippen molar-refractivity contribution < 1.29 is 13.2 Å². The zero-order valence-electron chi connectivity index (χ0n) is 8.60. The Morgan fingerprint density at radius 3 is 2.75 bits per heavy atom. The summed E-state index contributed by atoms with van der Waals surface area (Å²) in [4.78, 5) is 3.84. The Hall–Kier alpha value is -1.01. The van der Waals surface area contributed by atoms with Crippen LogP contribution in [-0.4, -0.2) is 25.8 Å². The van der Waals surface area contributed by atoms with Gasteiger partial charge in [-0.2, -0.15) is 0 Å². The molecule has 0 unspecified atom stereocenters. The number of rotatable bonds is 4. The Labute approximate surface area is 98.8 Å². The van der Waals surface area contributed by atoms with Crippen LogP contribution in [0.15, 0.2) is 12.1 Å². The van der Waals surface area contributed by atoms with E-state index in [1.807, 2.05) is 0 Å². The Kier molecular flexibility index (Phi) is 2.94. The minimum absolute atomic E-state index is 0.172. The molecule has 0 aromatic carbocycles. The Morgan fingerprint density at radius 1 is 1.50 bits per heavy atom. The van der Waals surface area contributed by atoms with Gasteiger partial charge in [0, 0.05) is 12.1 Å². The highest BCUT2D eigenvalue weighted by Gasteiger charge is 2.24. The number of halogens is 1. The van der Waals surface area contributed by atoms with Crippen molar-refractivity contribution in [2.75, 3.05) is 11.0 Å². The molecule has 2 rings (SSSR count). The van der Waals surface area contributed by atoms with Gasteiger partial charge in [0.05, 0.1) is 12.4 Å². The summed E-state index contributed by atoms with van der Waals surface area (Å²) in [5, 5.41) is 0.198. The van der Waals surface area contributed by atoms with Gasteiger partial charge < -0.3 is 4.74 Å². The summed E-state index contributed by atoms with van der Waals surface area (Å²) in [5.41, 5.74) is 0. The molecule has 16 heavy (non-hydrogen) atoms. The molecule has 0 atom stereocenters. The summed E-state index contributed by atoms with van der Waals surface area (Å²) in [7, 11) is -3.35. The van der Waals surface area contributed by atoms with Gasteiger partial charge in [-0.1, -0.05) is 11.6 Å². The average Bonchev–Trinajstić information content (AvgIpc) is 2.82. The lowest BCUT2D eigenvalue weighted by atomic mass is 10.4. The van der Waals surface area contributed by atoms with Crippen molar-refractivity contribution in [3.63, 3.8) is 0 Å². The quantitative estimate of drug-likeness (QED) is 0.838. The summed E-state index contributed by atoms with van der Waals surface area (Å²) in [6, 6.07) is 3.08. The van der Waals surface area contributed by atoms with Crippen LogP contribution in [0.5, 0.6) is 5.75 Å². The van der Waals surface area contributed by atoms with Crippen molar-refractivity contribution in [2.24, 2.45) is 0 Å². The average molecular weight is 263 g/mol. The van der Waals surface area contributed by atoms with E-state index in [0.29, 0.717) is 5.75 Å². The maximum Gasteiger partial charge on any atom is 0.230 e. The Bertz CT molecular complexity index is 499. The van der Waals surface area contributed by atoms with Gasteiger partial charge in [0.2, 0.25) is 10.0 Å². The third kappa shape index (κ3) is 3.53. The number of ether oxygens (including phenoxy) is 1. The fourth-order valence-corrected chi connectivity index (χ4v) is 1.85. The van der Waals surface area contributed by atoms with Gasteiger partial charge in [-0.15, -0.1) is 0 Å². The van der Waals surface area contributed by atoms with Gasteiger partial charge in [-0.25, -0.2) is 13.4 Å². The number of nitrogens with zero attached hydrogens (tertiary/aromatic N) is 1. The Morgan fingerprint density at radius 2 is 2.19 bits per heavy atom. The molecular weight excluding hydrogens is 252 g/mol. The molecule has 0 aliphatic heterocycles. The number of aromatic nitrogens is 1. The summed E-state index contributed by atoms with van der Waals surface area (Å²) in [5.74, 6) is 0.708. The molecule has 1 aliphatic rings. The molecule has 1 fully saturated rings. The van der Waals surface area contributed by atoms with Gasteiger partial charge in [-0.05, 0) is 12.8 Å². The highest BCUT2D eigenvalue weighted by molar-refractivity contribution is 7.92.